The monoisotopic (exact) mass is 390 g/mol. The molecular weight excluding hydrogens is 364 g/mol. The van der Waals surface area contributed by atoms with E-state index in [0.717, 1.165) is 65.8 Å². The van der Waals surface area contributed by atoms with Crippen molar-refractivity contribution in [3.05, 3.63) is 12.4 Å². The maximum atomic E-state index is 5.54. The number of likely N-dealkylation sites (N-methyl/N-ethyl adjacent to an activating group) is 2. The van der Waals surface area contributed by atoms with Crippen LogP contribution in [0.5, 0.6) is 0 Å². The second-order valence-corrected chi connectivity index (χ2v) is 9.30. The van der Waals surface area contributed by atoms with Crippen molar-refractivity contribution in [3.8, 4) is 0 Å². The summed E-state index contributed by atoms with van der Waals surface area (Å²) < 4.78 is 2.05. The average molecular weight is 391 g/mol. The van der Waals surface area contributed by atoms with Crippen LogP contribution in [0, 0.1) is 0 Å². The summed E-state index contributed by atoms with van der Waals surface area (Å²) in [5.41, 5.74) is 0. The van der Waals surface area contributed by atoms with E-state index >= 15 is 0 Å². The van der Waals surface area contributed by atoms with Gasteiger partial charge in [-0.3, -0.25) is 0 Å². The lowest BCUT2D eigenvalue weighted by molar-refractivity contribution is 0.220. The molecule has 0 aliphatic carbocycles. The number of piperazine rings is 1. The van der Waals surface area contributed by atoms with Crippen LogP contribution in [0.3, 0.4) is 0 Å². The van der Waals surface area contributed by atoms with Gasteiger partial charge >= 0.3 is 0 Å². The quantitative estimate of drug-likeness (QED) is 0.529. The minimum Gasteiger partial charge on any atom is -0.377 e. The molecule has 2 heterocycles. The Bertz CT molecular complexity index is 435. The van der Waals surface area contributed by atoms with E-state index in [1.54, 1.807) is 11.8 Å². The van der Waals surface area contributed by atoms with Crippen LogP contribution in [0.4, 0.5) is 0 Å². The molecule has 4 nitrogen and oxygen atoms in total. The molecule has 0 aromatic carbocycles. The molecule has 8 heteroatoms. The zero-order chi connectivity index (χ0) is 16.7. The van der Waals surface area contributed by atoms with Gasteiger partial charge in [0.25, 0.3) is 0 Å². The Kier molecular flexibility index (Phi) is 8.46. The Balaban J connectivity index is 1.54. The highest BCUT2D eigenvalue weighted by Crippen LogP contribution is 2.17. The number of rotatable bonds is 4. The van der Waals surface area contributed by atoms with Gasteiger partial charge in [0.05, 0.1) is 0 Å². The summed E-state index contributed by atoms with van der Waals surface area (Å²) in [6.07, 6.45) is 5.30. The van der Waals surface area contributed by atoms with Crippen molar-refractivity contribution in [3.63, 3.8) is 0 Å². The van der Waals surface area contributed by atoms with Crippen molar-refractivity contribution in [1.82, 2.24) is 19.6 Å². The van der Waals surface area contributed by atoms with E-state index in [2.05, 4.69) is 46.1 Å². The molecule has 0 atom stereocenters. The largest absolute Gasteiger partial charge is 0.377 e. The van der Waals surface area contributed by atoms with Crippen LogP contribution in [0.25, 0.3) is 0 Å². The maximum absolute atomic E-state index is 5.54. The normalized spacial score (nSPS) is 19.3. The Morgan fingerprint density at radius 2 is 1.52 bits per heavy atom. The lowest BCUT2D eigenvalue weighted by atomic mass is 10.4. The molecule has 0 radical (unpaired) electrons. The van der Waals surface area contributed by atoms with E-state index in [9.17, 15) is 0 Å². The third-order valence-corrected chi connectivity index (χ3v) is 7.10. The molecule has 0 aromatic heterocycles. The summed E-state index contributed by atoms with van der Waals surface area (Å²) in [7, 11) is 4.26. The molecule has 130 valence electrons. The highest BCUT2D eigenvalue weighted by atomic mass is 32.2. The summed E-state index contributed by atoms with van der Waals surface area (Å²) >= 11 is 14.6. The molecule has 1 fully saturated rings. The van der Waals surface area contributed by atoms with Crippen LogP contribution in [0.1, 0.15) is 6.42 Å². The van der Waals surface area contributed by atoms with Gasteiger partial charge in [-0.1, -0.05) is 48.0 Å². The van der Waals surface area contributed by atoms with E-state index in [1.807, 2.05) is 11.8 Å². The van der Waals surface area contributed by atoms with Crippen LogP contribution < -0.4 is 0 Å². The summed E-state index contributed by atoms with van der Waals surface area (Å²) in [6, 6.07) is 0. The Hall–Kier alpha value is -0.0200. The van der Waals surface area contributed by atoms with Crippen molar-refractivity contribution in [2.45, 2.75) is 6.42 Å². The molecule has 0 bridgehead atoms. The first-order chi connectivity index (χ1) is 11.1. The lowest BCUT2D eigenvalue weighted by Gasteiger charge is -2.33. The van der Waals surface area contributed by atoms with Gasteiger partial charge in [0, 0.05) is 70.2 Å². The maximum Gasteiger partial charge on any atom is 0.140 e. The molecule has 0 aromatic rings. The molecule has 0 amide bonds. The SMILES string of the molecule is CN1C=CN(C(=S)SCCCSC(=S)N2CCN(C)CC2)CC1. The summed E-state index contributed by atoms with van der Waals surface area (Å²) in [5.74, 6) is 2.15. The fraction of sp³-hybridized carbons (Fsp3) is 0.733. The standard InChI is InChI=1S/C15H26N4S4/c1-16-4-8-18(9-5-16)14(20)22-12-3-13-23-15(21)19-10-6-17(2)7-11-19/h4,8H,3,5-7,9-13H2,1-2H3. The van der Waals surface area contributed by atoms with Gasteiger partial charge in [-0.15, -0.1) is 0 Å². The minimum atomic E-state index is 0.987. The van der Waals surface area contributed by atoms with Crippen molar-refractivity contribution in [1.29, 1.82) is 0 Å². The van der Waals surface area contributed by atoms with Crippen molar-refractivity contribution < 1.29 is 0 Å². The lowest BCUT2D eigenvalue weighted by Crippen LogP contribution is -2.45. The molecule has 23 heavy (non-hydrogen) atoms. The molecule has 2 aliphatic heterocycles. The second-order valence-electron chi connectivity index (χ2n) is 5.84. The van der Waals surface area contributed by atoms with Gasteiger partial charge in [0.2, 0.25) is 0 Å². The number of thioether (sulfide) groups is 2. The second kappa shape index (κ2) is 10.1. The summed E-state index contributed by atoms with van der Waals surface area (Å²) in [4.78, 5) is 9.04. The third-order valence-electron chi connectivity index (χ3n) is 3.93. The summed E-state index contributed by atoms with van der Waals surface area (Å²) in [6.45, 7) is 6.38. The van der Waals surface area contributed by atoms with E-state index < -0.39 is 0 Å². The number of thiocarbonyl (C=S) groups is 2. The van der Waals surface area contributed by atoms with Crippen molar-refractivity contribution >= 4 is 56.6 Å². The minimum absolute atomic E-state index is 0.987. The fourth-order valence-corrected chi connectivity index (χ4v) is 4.93. The first kappa shape index (κ1) is 19.3. The van der Waals surface area contributed by atoms with E-state index in [4.69, 9.17) is 24.4 Å². The number of hydrogen-bond donors (Lipinski definition) is 0. The molecule has 1 saturated heterocycles. The molecule has 0 N–H and O–H groups in total. The Labute approximate surface area is 159 Å². The van der Waals surface area contributed by atoms with Crippen LogP contribution >= 0.6 is 48.0 Å². The predicted octanol–water partition coefficient (Wildman–Crippen LogP) is 2.38. The van der Waals surface area contributed by atoms with Crippen molar-refractivity contribution in [2.75, 3.05) is 64.9 Å². The van der Waals surface area contributed by atoms with E-state index in [1.165, 1.54) is 0 Å². The van der Waals surface area contributed by atoms with E-state index in [0.29, 0.717) is 0 Å². The van der Waals surface area contributed by atoms with E-state index in [-0.39, 0.29) is 0 Å². The molecule has 0 unspecified atom stereocenters. The topological polar surface area (TPSA) is 13.0 Å². The third kappa shape index (κ3) is 6.78. The summed E-state index contributed by atoms with van der Waals surface area (Å²) in [5, 5.41) is 0. The molecule has 0 saturated carbocycles. The zero-order valence-corrected chi connectivity index (χ0v) is 17.2. The van der Waals surface area contributed by atoms with Gasteiger partial charge in [-0.25, -0.2) is 0 Å². The zero-order valence-electron chi connectivity index (χ0n) is 13.9. The molecule has 0 spiro atoms. The van der Waals surface area contributed by atoms with Crippen LogP contribution in [-0.2, 0) is 0 Å². The van der Waals surface area contributed by atoms with Crippen molar-refractivity contribution in [2.24, 2.45) is 0 Å². The van der Waals surface area contributed by atoms with Gasteiger partial charge in [0.15, 0.2) is 0 Å². The first-order valence-electron chi connectivity index (χ1n) is 7.98. The number of nitrogens with zero attached hydrogens (tertiary/aromatic N) is 4. The molecule has 2 rings (SSSR count). The average Bonchev–Trinajstić information content (AvgIpc) is 2.55. The molecule has 2 aliphatic rings. The highest BCUT2D eigenvalue weighted by molar-refractivity contribution is 8.23. The van der Waals surface area contributed by atoms with Crippen LogP contribution in [0.15, 0.2) is 12.4 Å². The number of hydrogen-bond acceptors (Lipinski definition) is 6. The van der Waals surface area contributed by atoms with Gasteiger partial charge in [-0.05, 0) is 13.5 Å². The van der Waals surface area contributed by atoms with Crippen LogP contribution in [-0.4, -0.2) is 93.1 Å². The fourth-order valence-electron chi connectivity index (χ4n) is 2.30. The Morgan fingerprint density at radius 1 is 0.870 bits per heavy atom. The predicted molar refractivity (Wildman–Crippen MR) is 112 cm³/mol. The molecular formula is C15H26N4S4. The smallest absolute Gasteiger partial charge is 0.140 e. The van der Waals surface area contributed by atoms with Crippen LogP contribution in [0.2, 0.25) is 0 Å². The van der Waals surface area contributed by atoms with Gasteiger partial charge in [-0.2, -0.15) is 0 Å². The van der Waals surface area contributed by atoms with Gasteiger partial charge < -0.3 is 19.6 Å². The first-order valence-corrected chi connectivity index (χ1v) is 10.8. The van der Waals surface area contributed by atoms with Gasteiger partial charge in [0.1, 0.15) is 8.64 Å². The highest BCUT2D eigenvalue weighted by Gasteiger charge is 2.16. The Morgan fingerprint density at radius 3 is 2.13 bits per heavy atom.